The summed E-state index contributed by atoms with van der Waals surface area (Å²) in [5.74, 6) is 0.601. The van der Waals surface area contributed by atoms with Crippen LogP contribution in [0.25, 0.3) is 0 Å². The normalized spacial score (nSPS) is 10.0. The van der Waals surface area contributed by atoms with Crippen molar-refractivity contribution < 1.29 is 9.53 Å². The fourth-order valence-corrected chi connectivity index (χ4v) is 2.93. The molecule has 1 amide bonds. The molecule has 0 saturated heterocycles. The number of amides is 1. The van der Waals surface area contributed by atoms with Crippen molar-refractivity contribution in [1.29, 1.82) is 5.26 Å². The molecule has 0 spiro atoms. The minimum atomic E-state index is -0.0791. The minimum Gasteiger partial charge on any atom is -0.496 e. The first-order chi connectivity index (χ1) is 11.7. The molecule has 0 atom stereocenters. The number of benzene rings is 2. The van der Waals surface area contributed by atoms with Gasteiger partial charge in [-0.3, -0.25) is 4.79 Å². The first kappa shape index (κ1) is 18.0. The SMILES string of the molecule is COc1ccc(C(=O)N(CCC#N)CCc2ccccc2)cc1Br. The Bertz CT molecular complexity index is 726. The molecule has 24 heavy (non-hydrogen) atoms. The Morgan fingerprint density at radius 1 is 1.21 bits per heavy atom. The maximum absolute atomic E-state index is 12.8. The van der Waals surface area contributed by atoms with Crippen LogP contribution in [-0.2, 0) is 6.42 Å². The van der Waals surface area contributed by atoms with Crippen LogP contribution in [0.3, 0.4) is 0 Å². The van der Waals surface area contributed by atoms with Gasteiger partial charge < -0.3 is 9.64 Å². The van der Waals surface area contributed by atoms with Gasteiger partial charge in [0, 0.05) is 18.7 Å². The van der Waals surface area contributed by atoms with Crippen molar-refractivity contribution in [3.63, 3.8) is 0 Å². The molecule has 0 aliphatic heterocycles. The molecule has 0 N–H and O–H groups in total. The van der Waals surface area contributed by atoms with Crippen molar-refractivity contribution in [2.45, 2.75) is 12.8 Å². The van der Waals surface area contributed by atoms with E-state index < -0.39 is 0 Å². The Hall–Kier alpha value is -2.32. The summed E-state index contributed by atoms with van der Waals surface area (Å²) in [4.78, 5) is 14.5. The number of carbonyl (C=O) groups excluding carboxylic acids is 1. The topological polar surface area (TPSA) is 53.3 Å². The number of hydrogen-bond acceptors (Lipinski definition) is 3. The minimum absolute atomic E-state index is 0.0791. The van der Waals surface area contributed by atoms with Crippen LogP contribution in [0.4, 0.5) is 0 Å². The summed E-state index contributed by atoms with van der Waals surface area (Å²) < 4.78 is 5.93. The highest BCUT2D eigenvalue weighted by molar-refractivity contribution is 9.10. The molecule has 0 heterocycles. The number of rotatable bonds is 7. The maximum Gasteiger partial charge on any atom is 0.253 e. The lowest BCUT2D eigenvalue weighted by Crippen LogP contribution is -2.33. The average molecular weight is 387 g/mol. The lowest BCUT2D eigenvalue weighted by Gasteiger charge is -2.22. The van der Waals surface area contributed by atoms with Crippen molar-refractivity contribution in [2.24, 2.45) is 0 Å². The van der Waals surface area contributed by atoms with E-state index in [0.717, 1.165) is 10.9 Å². The fourth-order valence-electron chi connectivity index (χ4n) is 2.39. The molecular formula is C19H19BrN2O2. The third kappa shape index (κ3) is 4.84. The van der Waals surface area contributed by atoms with Crippen LogP contribution < -0.4 is 4.74 Å². The van der Waals surface area contributed by atoms with Gasteiger partial charge in [-0.2, -0.15) is 5.26 Å². The average Bonchev–Trinajstić information content (AvgIpc) is 2.62. The van der Waals surface area contributed by atoms with Gasteiger partial charge in [-0.15, -0.1) is 0 Å². The van der Waals surface area contributed by atoms with E-state index in [2.05, 4.69) is 22.0 Å². The first-order valence-electron chi connectivity index (χ1n) is 7.69. The molecule has 0 bridgehead atoms. The molecule has 4 nitrogen and oxygen atoms in total. The second kappa shape index (κ2) is 9.09. The number of nitrogens with zero attached hydrogens (tertiary/aromatic N) is 2. The number of carbonyl (C=O) groups is 1. The molecule has 5 heteroatoms. The number of methoxy groups -OCH3 is 1. The van der Waals surface area contributed by atoms with E-state index in [1.54, 1.807) is 30.2 Å². The number of nitriles is 1. The molecule has 0 aliphatic rings. The molecule has 0 fully saturated rings. The highest BCUT2D eigenvalue weighted by Gasteiger charge is 2.16. The zero-order valence-corrected chi connectivity index (χ0v) is 15.1. The van der Waals surface area contributed by atoms with E-state index in [4.69, 9.17) is 10.00 Å². The largest absolute Gasteiger partial charge is 0.496 e. The molecule has 0 unspecified atom stereocenters. The van der Waals surface area contributed by atoms with E-state index in [-0.39, 0.29) is 5.91 Å². The van der Waals surface area contributed by atoms with Gasteiger partial charge >= 0.3 is 0 Å². The predicted octanol–water partition coefficient (Wildman–Crippen LogP) is 4.06. The van der Waals surface area contributed by atoms with Gasteiger partial charge in [-0.25, -0.2) is 0 Å². The second-order valence-corrected chi connectivity index (χ2v) is 6.14. The number of hydrogen-bond donors (Lipinski definition) is 0. The molecule has 2 aromatic rings. The summed E-state index contributed by atoms with van der Waals surface area (Å²) in [6, 6.07) is 17.4. The Balaban J connectivity index is 2.12. The Kier molecular flexibility index (Phi) is 6.83. The Labute approximate surface area is 150 Å². The molecule has 0 aromatic heterocycles. The predicted molar refractivity (Wildman–Crippen MR) is 97.0 cm³/mol. The van der Waals surface area contributed by atoms with Gasteiger partial charge in [-0.05, 0) is 46.1 Å². The second-order valence-electron chi connectivity index (χ2n) is 5.29. The fraction of sp³-hybridized carbons (Fsp3) is 0.263. The van der Waals surface area contributed by atoms with Crippen molar-refractivity contribution in [3.8, 4) is 11.8 Å². The van der Waals surface area contributed by atoms with Crippen molar-refractivity contribution >= 4 is 21.8 Å². The Morgan fingerprint density at radius 2 is 1.96 bits per heavy atom. The van der Waals surface area contributed by atoms with E-state index in [1.165, 1.54) is 5.56 Å². The van der Waals surface area contributed by atoms with Gasteiger partial charge in [0.25, 0.3) is 5.91 Å². The van der Waals surface area contributed by atoms with E-state index in [1.807, 2.05) is 30.3 Å². The lowest BCUT2D eigenvalue weighted by atomic mass is 10.1. The van der Waals surface area contributed by atoms with Crippen molar-refractivity contribution in [1.82, 2.24) is 4.90 Å². The number of ether oxygens (including phenoxy) is 1. The van der Waals surface area contributed by atoms with E-state index in [9.17, 15) is 4.79 Å². The highest BCUT2D eigenvalue weighted by atomic mass is 79.9. The molecular weight excluding hydrogens is 368 g/mol. The summed E-state index contributed by atoms with van der Waals surface area (Å²) >= 11 is 3.41. The van der Waals surface area contributed by atoms with Gasteiger partial charge in [0.15, 0.2) is 0 Å². The molecule has 2 aromatic carbocycles. The maximum atomic E-state index is 12.8. The summed E-state index contributed by atoms with van der Waals surface area (Å²) in [5, 5.41) is 8.85. The third-order valence-corrected chi connectivity index (χ3v) is 4.31. The summed E-state index contributed by atoms with van der Waals surface area (Å²) in [6.07, 6.45) is 1.08. The van der Waals surface area contributed by atoms with Gasteiger partial charge in [0.2, 0.25) is 0 Å². The van der Waals surface area contributed by atoms with Crippen LogP contribution in [0.15, 0.2) is 53.0 Å². The smallest absolute Gasteiger partial charge is 0.253 e. The first-order valence-corrected chi connectivity index (χ1v) is 8.48. The van der Waals surface area contributed by atoms with Gasteiger partial charge in [0.1, 0.15) is 5.75 Å². The van der Waals surface area contributed by atoms with Crippen LogP contribution >= 0.6 is 15.9 Å². The third-order valence-electron chi connectivity index (χ3n) is 3.69. The van der Waals surface area contributed by atoms with Crippen molar-refractivity contribution in [3.05, 3.63) is 64.1 Å². The van der Waals surface area contributed by atoms with E-state index in [0.29, 0.717) is 30.8 Å². The van der Waals surface area contributed by atoms with Crippen molar-refractivity contribution in [2.75, 3.05) is 20.2 Å². The summed E-state index contributed by atoms with van der Waals surface area (Å²) in [6.45, 7) is 1.000. The molecule has 2 rings (SSSR count). The van der Waals surface area contributed by atoms with Gasteiger partial charge in [-0.1, -0.05) is 30.3 Å². The number of halogens is 1. The zero-order valence-electron chi connectivity index (χ0n) is 13.5. The standard InChI is InChI=1S/C19H19BrN2O2/c1-24-18-9-8-16(14-17(18)20)19(23)22(12-5-11-21)13-10-15-6-3-2-4-7-15/h2-4,6-9,14H,5,10,12-13H2,1H3. The Morgan fingerprint density at radius 3 is 2.58 bits per heavy atom. The molecule has 0 saturated carbocycles. The van der Waals surface area contributed by atoms with Gasteiger partial charge in [0.05, 0.1) is 24.1 Å². The molecule has 0 radical (unpaired) electrons. The molecule has 124 valence electrons. The molecule has 0 aliphatic carbocycles. The summed E-state index contributed by atoms with van der Waals surface area (Å²) in [5.41, 5.74) is 1.75. The van der Waals surface area contributed by atoms with E-state index >= 15 is 0 Å². The summed E-state index contributed by atoms with van der Waals surface area (Å²) in [7, 11) is 1.58. The zero-order chi connectivity index (χ0) is 17.4. The van der Waals surface area contributed by atoms with Crippen LogP contribution in [-0.4, -0.2) is 31.0 Å². The quantitative estimate of drug-likeness (QED) is 0.720. The van der Waals surface area contributed by atoms with Crippen LogP contribution in [0.2, 0.25) is 0 Å². The van der Waals surface area contributed by atoms with Crippen LogP contribution in [0, 0.1) is 11.3 Å². The van der Waals surface area contributed by atoms with Crippen LogP contribution in [0.5, 0.6) is 5.75 Å². The monoisotopic (exact) mass is 386 g/mol. The lowest BCUT2D eigenvalue weighted by molar-refractivity contribution is 0.0760. The van der Waals surface area contributed by atoms with Crippen LogP contribution in [0.1, 0.15) is 22.3 Å². The highest BCUT2D eigenvalue weighted by Crippen LogP contribution is 2.26.